The maximum atomic E-state index is 6.08. The number of hydrogen-bond donors (Lipinski definition) is 2. The molecule has 1 aromatic carbocycles. The summed E-state index contributed by atoms with van der Waals surface area (Å²) in [6, 6.07) is 10.7. The molecule has 3 nitrogen and oxygen atoms in total. The number of aryl methyl sites for hydroxylation is 1. The smallest absolute Gasteiger partial charge is 0.193 e. The lowest BCUT2D eigenvalue weighted by molar-refractivity contribution is 0.687. The van der Waals surface area contributed by atoms with E-state index in [0.717, 1.165) is 12.1 Å². The average Bonchev–Trinajstić information content (AvgIpc) is 3.07. The van der Waals surface area contributed by atoms with Gasteiger partial charge in [0.05, 0.1) is 6.54 Å². The van der Waals surface area contributed by atoms with Crippen LogP contribution >= 0.6 is 35.3 Å². The van der Waals surface area contributed by atoms with Crippen molar-refractivity contribution in [3.05, 3.63) is 51.7 Å². The molecule has 124 valence electrons. The quantitative estimate of drug-likeness (QED) is 0.408. The number of guanidine groups is 1. The molecule has 1 aliphatic rings. The van der Waals surface area contributed by atoms with Crippen LogP contribution in [0.5, 0.6) is 0 Å². The molecular formula is C18H24IN3S. The molecule has 23 heavy (non-hydrogen) atoms. The van der Waals surface area contributed by atoms with Crippen LogP contribution in [-0.2, 0) is 12.8 Å². The van der Waals surface area contributed by atoms with Crippen molar-refractivity contribution in [2.45, 2.75) is 38.5 Å². The van der Waals surface area contributed by atoms with E-state index in [-0.39, 0.29) is 24.0 Å². The second-order valence-corrected chi connectivity index (χ2v) is 6.90. The fourth-order valence-electron chi connectivity index (χ4n) is 2.97. The largest absolute Gasteiger partial charge is 0.370 e. The van der Waals surface area contributed by atoms with Crippen molar-refractivity contribution in [3.8, 4) is 0 Å². The molecule has 3 rings (SSSR count). The molecule has 1 heterocycles. The first-order chi connectivity index (χ1) is 10.7. The number of fused-ring (bicyclic) bond motifs is 1. The molecule has 2 aromatic rings. The summed E-state index contributed by atoms with van der Waals surface area (Å²) < 4.78 is 0. The van der Waals surface area contributed by atoms with E-state index >= 15 is 0 Å². The van der Waals surface area contributed by atoms with Crippen molar-refractivity contribution in [1.29, 1.82) is 0 Å². The lowest BCUT2D eigenvalue weighted by Crippen LogP contribution is -2.24. The van der Waals surface area contributed by atoms with Gasteiger partial charge in [0.2, 0.25) is 0 Å². The van der Waals surface area contributed by atoms with Crippen LogP contribution in [0.4, 0.5) is 5.69 Å². The van der Waals surface area contributed by atoms with Gasteiger partial charge in [-0.25, -0.2) is 0 Å². The second kappa shape index (κ2) is 8.68. The number of benzene rings is 1. The molecule has 3 N–H and O–H groups in total. The molecular weight excluding hydrogens is 417 g/mol. The number of rotatable bonds is 4. The third-order valence-corrected chi connectivity index (χ3v) is 5.33. The molecule has 0 spiro atoms. The molecule has 0 radical (unpaired) electrons. The van der Waals surface area contributed by atoms with Gasteiger partial charge in [0.25, 0.3) is 0 Å². The highest BCUT2D eigenvalue weighted by Crippen LogP contribution is 2.27. The summed E-state index contributed by atoms with van der Waals surface area (Å²) in [6.07, 6.45) is 4.87. The van der Waals surface area contributed by atoms with Crippen LogP contribution < -0.4 is 11.1 Å². The summed E-state index contributed by atoms with van der Waals surface area (Å²) >= 11 is 1.77. The molecule has 1 aliphatic carbocycles. The van der Waals surface area contributed by atoms with E-state index < -0.39 is 0 Å². The highest BCUT2D eigenvalue weighted by Gasteiger charge is 2.13. The first-order valence-electron chi connectivity index (χ1n) is 7.95. The van der Waals surface area contributed by atoms with Crippen LogP contribution in [0.25, 0.3) is 0 Å². The Morgan fingerprint density at radius 2 is 2.09 bits per heavy atom. The number of thiophene rings is 1. The van der Waals surface area contributed by atoms with E-state index in [1.54, 1.807) is 11.3 Å². The Labute approximate surface area is 159 Å². The molecule has 1 unspecified atom stereocenters. The van der Waals surface area contributed by atoms with Crippen molar-refractivity contribution >= 4 is 47.0 Å². The predicted octanol–water partition coefficient (Wildman–Crippen LogP) is 4.78. The number of nitrogens with two attached hydrogens (primary N) is 1. The second-order valence-electron chi connectivity index (χ2n) is 5.92. The molecule has 0 saturated heterocycles. The topological polar surface area (TPSA) is 50.4 Å². The van der Waals surface area contributed by atoms with E-state index in [1.165, 1.54) is 35.3 Å². The third kappa shape index (κ3) is 4.70. The number of hydrogen-bond acceptors (Lipinski definition) is 2. The van der Waals surface area contributed by atoms with E-state index in [9.17, 15) is 0 Å². The summed E-state index contributed by atoms with van der Waals surface area (Å²) in [6.45, 7) is 2.90. The van der Waals surface area contributed by atoms with Gasteiger partial charge in [0.1, 0.15) is 0 Å². The van der Waals surface area contributed by atoms with E-state index in [1.807, 2.05) is 0 Å². The fraction of sp³-hybridized carbons (Fsp3) is 0.389. The van der Waals surface area contributed by atoms with Crippen molar-refractivity contribution in [3.63, 3.8) is 0 Å². The highest BCUT2D eigenvalue weighted by atomic mass is 127. The maximum absolute atomic E-state index is 6.08. The Balaban J connectivity index is 0.00000192. The summed E-state index contributed by atoms with van der Waals surface area (Å²) in [5.74, 6) is 0.924. The van der Waals surface area contributed by atoms with Gasteiger partial charge >= 0.3 is 0 Å². The number of nitrogens with one attached hydrogen (secondary N) is 1. The monoisotopic (exact) mass is 441 g/mol. The molecule has 1 atom stereocenters. The fourth-order valence-corrected chi connectivity index (χ4v) is 3.75. The first kappa shape index (κ1) is 18.3. The zero-order valence-electron chi connectivity index (χ0n) is 13.4. The van der Waals surface area contributed by atoms with Gasteiger partial charge in [-0.2, -0.15) is 0 Å². The number of anilines is 1. The van der Waals surface area contributed by atoms with E-state index in [2.05, 4.69) is 52.9 Å². The lowest BCUT2D eigenvalue weighted by Gasteiger charge is -2.20. The summed E-state index contributed by atoms with van der Waals surface area (Å²) in [5, 5.41) is 5.41. The summed E-state index contributed by atoms with van der Waals surface area (Å²) in [7, 11) is 0. The Morgan fingerprint density at radius 1 is 1.26 bits per heavy atom. The first-order valence-corrected chi connectivity index (χ1v) is 8.83. The van der Waals surface area contributed by atoms with Gasteiger partial charge in [0.15, 0.2) is 5.96 Å². The minimum atomic E-state index is 0. The normalized spacial score (nSPS) is 15.4. The number of aliphatic imine (C=N–C) groups is 1. The van der Waals surface area contributed by atoms with Gasteiger partial charge in [0, 0.05) is 16.5 Å². The van der Waals surface area contributed by atoms with Crippen molar-refractivity contribution in [1.82, 2.24) is 0 Å². The predicted molar refractivity (Wildman–Crippen MR) is 111 cm³/mol. The van der Waals surface area contributed by atoms with Gasteiger partial charge < -0.3 is 11.1 Å². The minimum absolute atomic E-state index is 0. The van der Waals surface area contributed by atoms with E-state index in [0.29, 0.717) is 18.4 Å². The van der Waals surface area contributed by atoms with Crippen molar-refractivity contribution in [2.75, 3.05) is 11.9 Å². The van der Waals surface area contributed by atoms with Crippen LogP contribution in [-0.4, -0.2) is 12.5 Å². The average molecular weight is 441 g/mol. The lowest BCUT2D eigenvalue weighted by atomic mass is 9.90. The Kier molecular flexibility index (Phi) is 6.89. The Morgan fingerprint density at radius 3 is 2.87 bits per heavy atom. The van der Waals surface area contributed by atoms with Crippen LogP contribution in [0.15, 0.2) is 40.7 Å². The van der Waals surface area contributed by atoms with Gasteiger partial charge in [-0.15, -0.1) is 35.3 Å². The molecule has 0 bridgehead atoms. The summed E-state index contributed by atoms with van der Waals surface area (Å²) in [5.41, 5.74) is 10.1. The van der Waals surface area contributed by atoms with Crippen LogP contribution in [0.2, 0.25) is 0 Å². The highest BCUT2D eigenvalue weighted by molar-refractivity contribution is 14.0. The molecule has 0 fully saturated rings. The SMILES string of the molecule is CC(CN=C(N)Nc1cccc2c1CCCC2)c1cccs1.I. The molecule has 0 saturated carbocycles. The van der Waals surface area contributed by atoms with Crippen LogP contribution in [0.3, 0.4) is 0 Å². The van der Waals surface area contributed by atoms with Crippen LogP contribution in [0.1, 0.15) is 41.7 Å². The Bertz CT molecular complexity index is 652. The van der Waals surface area contributed by atoms with Crippen LogP contribution in [0, 0.1) is 0 Å². The zero-order chi connectivity index (χ0) is 15.4. The van der Waals surface area contributed by atoms with Gasteiger partial charge in [-0.1, -0.05) is 25.1 Å². The maximum Gasteiger partial charge on any atom is 0.193 e. The Hall–Kier alpha value is -1.08. The number of nitrogens with zero attached hydrogens (tertiary/aromatic N) is 1. The standard InChI is InChI=1S/C18H23N3S.HI/c1-13(17-10-5-11-22-17)12-20-18(19)21-16-9-4-7-14-6-2-3-8-15(14)16;/h4-5,7,9-11,13H,2-3,6,8,12H2,1H3,(H3,19,20,21);1H. The molecule has 0 aliphatic heterocycles. The number of halogens is 1. The van der Waals surface area contributed by atoms with Crippen molar-refractivity contribution < 1.29 is 0 Å². The van der Waals surface area contributed by atoms with E-state index in [4.69, 9.17) is 5.73 Å². The third-order valence-electron chi connectivity index (χ3n) is 4.22. The molecule has 0 amide bonds. The minimum Gasteiger partial charge on any atom is -0.370 e. The zero-order valence-corrected chi connectivity index (χ0v) is 16.6. The molecule has 5 heteroatoms. The molecule has 1 aromatic heterocycles. The van der Waals surface area contributed by atoms with Crippen molar-refractivity contribution in [2.24, 2.45) is 10.7 Å². The van der Waals surface area contributed by atoms with Gasteiger partial charge in [-0.05, 0) is 54.3 Å². The summed E-state index contributed by atoms with van der Waals surface area (Å²) in [4.78, 5) is 5.87. The van der Waals surface area contributed by atoms with Gasteiger partial charge in [-0.3, -0.25) is 4.99 Å².